The number of hydrogen-bond acceptors (Lipinski definition) is 4. The second-order valence-electron chi connectivity index (χ2n) is 4.79. The van der Waals surface area contributed by atoms with Crippen molar-refractivity contribution >= 4 is 29.5 Å². The minimum absolute atomic E-state index is 0.357. The summed E-state index contributed by atoms with van der Waals surface area (Å²) in [5.41, 5.74) is 3.54. The summed E-state index contributed by atoms with van der Waals surface area (Å²) in [5, 5.41) is 0.413. The van der Waals surface area contributed by atoms with Crippen LogP contribution in [0.4, 0.5) is 4.39 Å². The van der Waals surface area contributed by atoms with Gasteiger partial charge in [-0.15, -0.1) is 0 Å². The van der Waals surface area contributed by atoms with Crippen LogP contribution in [0.1, 0.15) is 10.4 Å². The van der Waals surface area contributed by atoms with Gasteiger partial charge < -0.3 is 4.42 Å². The predicted octanol–water partition coefficient (Wildman–Crippen LogP) is 4.68. The number of carbonyl (C=O) groups excluding carboxylic acids is 1. The van der Waals surface area contributed by atoms with E-state index in [-0.39, 0.29) is 5.82 Å². The molecule has 1 heterocycles. The predicted molar refractivity (Wildman–Crippen MR) is 92.0 cm³/mol. The number of furan rings is 1. The van der Waals surface area contributed by atoms with Crippen LogP contribution in [0, 0.1) is 5.82 Å². The molecule has 0 fully saturated rings. The molecule has 1 amide bonds. The quantitative estimate of drug-likeness (QED) is 0.511. The lowest BCUT2D eigenvalue weighted by Crippen LogP contribution is -2.32. The Morgan fingerprint density at radius 1 is 1.12 bits per heavy atom. The number of rotatable bonds is 5. The molecule has 0 bridgehead atoms. The standard InChI is InChI=1S/C17H12ClFN2O2S/c18-13-9-11(15-5-3-7-23-15)8-12(10-13)17(22)20-21-24-16-6-2-1-4-14(16)19/h1-10,21H,(H,20,22). The second-order valence-corrected chi connectivity index (χ2v) is 6.08. The van der Waals surface area contributed by atoms with Gasteiger partial charge in [0.25, 0.3) is 5.91 Å². The Kier molecular flexibility index (Phi) is 5.20. The van der Waals surface area contributed by atoms with E-state index in [4.69, 9.17) is 16.0 Å². The summed E-state index contributed by atoms with van der Waals surface area (Å²) in [7, 11) is 0. The van der Waals surface area contributed by atoms with Crippen molar-refractivity contribution in [3.63, 3.8) is 0 Å². The summed E-state index contributed by atoms with van der Waals surface area (Å²) in [4.78, 5) is 15.2. The SMILES string of the molecule is O=C(NNSc1ccccc1F)c1cc(Cl)cc(-c2ccco2)c1. The average molecular weight is 363 g/mol. The van der Waals surface area contributed by atoms with E-state index in [1.54, 1.807) is 54.8 Å². The minimum Gasteiger partial charge on any atom is -0.464 e. The summed E-state index contributed by atoms with van der Waals surface area (Å²) >= 11 is 7.03. The monoisotopic (exact) mass is 362 g/mol. The number of carbonyl (C=O) groups is 1. The fourth-order valence-corrected chi connectivity index (χ4v) is 2.83. The van der Waals surface area contributed by atoms with Crippen LogP contribution < -0.4 is 10.3 Å². The van der Waals surface area contributed by atoms with Crippen molar-refractivity contribution in [2.24, 2.45) is 0 Å². The van der Waals surface area contributed by atoms with Crippen LogP contribution in [-0.4, -0.2) is 5.91 Å². The largest absolute Gasteiger partial charge is 0.464 e. The maximum absolute atomic E-state index is 13.5. The van der Waals surface area contributed by atoms with Gasteiger partial charge in [0, 0.05) is 16.1 Å². The Labute approximate surface area is 147 Å². The lowest BCUT2D eigenvalue weighted by Gasteiger charge is -2.08. The van der Waals surface area contributed by atoms with Gasteiger partial charge in [0.15, 0.2) is 0 Å². The molecule has 1 aromatic heterocycles. The highest BCUT2D eigenvalue weighted by molar-refractivity contribution is 7.97. The van der Waals surface area contributed by atoms with Crippen molar-refractivity contribution in [2.75, 3.05) is 0 Å². The lowest BCUT2D eigenvalue weighted by molar-refractivity contribution is 0.0947. The summed E-state index contributed by atoms with van der Waals surface area (Å²) in [5.74, 6) is -0.151. The first kappa shape index (κ1) is 16.6. The molecule has 0 aliphatic heterocycles. The molecule has 3 aromatic rings. The van der Waals surface area contributed by atoms with Gasteiger partial charge in [-0.25, -0.2) is 4.39 Å². The zero-order valence-electron chi connectivity index (χ0n) is 12.3. The molecular formula is C17H12ClFN2O2S. The van der Waals surface area contributed by atoms with E-state index in [1.807, 2.05) is 0 Å². The highest BCUT2D eigenvalue weighted by atomic mass is 35.5. The Hall–Kier alpha value is -2.28. The zero-order chi connectivity index (χ0) is 16.9. The first-order valence-electron chi connectivity index (χ1n) is 6.94. The molecule has 4 nitrogen and oxygen atoms in total. The van der Waals surface area contributed by atoms with Crippen molar-refractivity contribution in [3.8, 4) is 11.3 Å². The van der Waals surface area contributed by atoms with E-state index < -0.39 is 5.91 Å². The lowest BCUT2D eigenvalue weighted by atomic mass is 10.1. The number of benzene rings is 2. The third kappa shape index (κ3) is 3.97. The van der Waals surface area contributed by atoms with E-state index >= 15 is 0 Å². The number of nitrogens with one attached hydrogen (secondary N) is 2. The van der Waals surface area contributed by atoms with Gasteiger partial charge in [0.1, 0.15) is 11.6 Å². The van der Waals surface area contributed by atoms with Crippen molar-refractivity contribution in [1.29, 1.82) is 0 Å². The molecule has 0 saturated heterocycles. The van der Waals surface area contributed by atoms with Crippen LogP contribution in [-0.2, 0) is 0 Å². The maximum Gasteiger partial charge on any atom is 0.266 e. The fourth-order valence-electron chi connectivity index (χ4n) is 2.03. The Morgan fingerprint density at radius 3 is 2.71 bits per heavy atom. The van der Waals surface area contributed by atoms with E-state index in [9.17, 15) is 9.18 Å². The summed E-state index contributed by atoms with van der Waals surface area (Å²) in [6.45, 7) is 0. The first-order chi connectivity index (χ1) is 11.6. The first-order valence-corrected chi connectivity index (χ1v) is 8.14. The molecule has 24 heavy (non-hydrogen) atoms. The third-order valence-corrected chi connectivity index (χ3v) is 4.10. The smallest absolute Gasteiger partial charge is 0.266 e. The molecule has 122 valence electrons. The number of hydrogen-bond donors (Lipinski definition) is 2. The van der Waals surface area contributed by atoms with Crippen LogP contribution in [0.25, 0.3) is 11.3 Å². The summed E-state index contributed by atoms with van der Waals surface area (Å²) < 4.78 is 18.8. The van der Waals surface area contributed by atoms with Gasteiger partial charge in [-0.2, -0.15) is 4.83 Å². The normalized spacial score (nSPS) is 10.6. The Balaban J connectivity index is 1.68. The van der Waals surface area contributed by atoms with Gasteiger partial charge in [-0.05, 0) is 54.4 Å². The van der Waals surface area contributed by atoms with Crippen LogP contribution in [0.2, 0.25) is 5.02 Å². The Morgan fingerprint density at radius 2 is 1.96 bits per heavy atom. The molecule has 3 rings (SSSR count). The maximum atomic E-state index is 13.5. The van der Waals surface area contributed by atoms with Crippen molar-refractivity contribution in [3.05, 3.63) is 77.3 Å². The summed E-state index contributed by atoms with van der Waals surface area (Å²) in [6, 6.07) is 14.7. The molecule has 2 N–H and O–H groups in total. The molecule has 0 aliphatic carbocycles. The third-order valence-electron chi connectivity index (χ3n) is 3.13. The van der Waals surface area contributed by atoms with Crippen molar-refractivity contribution in [1.82, 2.24) is 10.3 Å². The van der Waals surface area contributed by atoms with Gasteiger partial charge in [0.05, 0.1) is 11.2 Å². The summed E-state index contributed by atoms with van der Waals surface area (Å²) in [6.07, 6.45) is 1.54. The van der Waals surface area contributed by atoms with E-state index in [1.165, 1.54) is 6.07 Å². The van der Waals surface area contributed by atoms with Crippen LogP contribution in [0.5, 0.6) is 0 Å². The molecule has 7 heteroatoms. The molecule has 0 atom stereocenters. The molecule has 0 aliphatic rings. The number of hydrazine groups is 1. The molecule has 0 spiro atoms. The zero-order valence-corrected chi connectivity index (χ0v) is 13.8. The average Bonchev–Trinajstić information content (AvgIpc) is 3.10. The van der Waals surface area contributed by atoms with E-state index in [2.05, 4.69) is 10.3 Å². The number of amides is 1. The van der Waals surface area contributed by atoms with E-state index in [0.717, 1.165) is 11.9 Å². The molecule has 2 aromatic carbocycles. The van der Waals surface area contributed by atoms with E-state index in [0.29, 0.717) is 26.8 Å². The van der Waals surface area contributed by atoms with Gasteiger partial charge in [0.2, 0.25) is 0 Å². The van der Waals surface area contributed by atoms with Crippen molar-refractivity contribution < 1.29 is 13.6 Å². The van der Waals surface area contributed by atoms with Crippen molar-refractivity contribution in [2.45, 2.75) is 4.90 Å². The molecule has 0 unspecified atom stereocenters. The van der Waals surface area contributed by atoms with Crippen LogP contribution in [0.3, 0.4) is 0 Å². The fraction of sp³-hybridized carbons (Fsp3) is 0. The molecule has 0 radical (unpaired) electrons. The second kappa shape index (κ2) is 7.53. The van der Waals surface area contributed by atoms with Gasteiger partial charge in [-0.1, -0.05) is 23.7 Å². The highest BCUT2D eigenvalue weighted by Crippen LogP contribution is 2.25. The van der Waals surface area contributed by atoms with Crippen LogP contribution in [0.15, 0.2) is 70.2 Å². The van der Waals surface area contributed by atoms with Gasteiger partial charge in [-0.3, -0.25) is 10.2 Å². The number of halogens is 2. The minimum atomic E-state index is -0.394. The van der Waals surface area contributed by atoms with Crippen LogP contribution >= 0.6 is 23.5 Å². The molecule has 0 saturated carbocycles. The molecular weight excluding hydrogens is 351 g/mol. The topological polar surface area (TPSA) is 54.3 Å². The van der Waals surface area contributed by atoms with Gasteiger partial charge >= 0.3 is 0 Å². The Bertz CT molecular complexity index is 856. The highest BCUT2D eigenvalue weighted by Gasteiger charge is 2.11.